The van der Waals surface area contributed by atoms with E-state index in [4.69, 9.17) is 23.2 Å². The quantitative estimate of drug-likeness (QED) is 0.386. The van der Waals surface area contributed by atoms with E-state index in [9.17, 15) is 4.39 Å². The summed E-state index contributed by atoms with van der Waals surface area (Å²) in [5, 5.41) is 0.606. The zero-order chi connectivity index (χ0) is 15.1. The molecule has 0 aliphatic carbocycles. The summed E-state index contributed by atoms with van der Waals surface area (Å²) in [6.07, 6.45) is 0. The molecule has 21 heavy (non-hydrogen) atoms. The Bertz CT molecular complexity index is 845. The lowest BCUT2D eigenvalue weighted by atomic mass is 10.2. The number of rotatable bonds is 2. The summed E-state index contributed by atoms with van der Waals surface area (Å²) < 4.78 is 16.6. The van der Waals surface area contributed by atoms with Crippen LogP contribution in [0.1, 0.15) is 11.4 Å². The molecule has 0 aliphatic rings. The lowest BCUT2D eigenvalue weighted by molar-refractivity contribution is 0.620. The lowest BCUT2D eigenvalue weighted by Gasteiger charge is -2.10. The molecular weight excluding hydrogens is 425 g/mol. The number of aromatic nitrogens is 2. The molecule has 2 nitrogen and oxygen atoms in total. The highest BCUT2D eigenvalue weighted by atomic mass is 127. The van der Waals surface area contributed by atoms with Crippen molar-refractivity contribution in [3.63, 3.8) is 0 Å². The minimum absolute atomic E-state index is 0.220. The van der Waals surface area contributed by atoms with Crippen LogP contribution in [0.15, 0.2) is 30.3 Å². The van der Waals surface area contributed by atoms with Crippen molar-refractivity contribution < 1.29 is 4.39 Å². The van der Waals surface area contributed by atoms with Gasteiger partial charge in [0.05, 0.1) is 27.6 Å². The van der Waals surface area contributed by atoms with Crippen molar-refractivity contribution in [2.75, 3.05) is 0 Å². The topological polar surface area (TPSA) is 17.8 Å². The maximum Gasteiger partial charge on any atom is 0.129 e. The fraction of sp³-hybridized carbons (Fsp3) is 0.133. The van der Waals surface area contributed by atoms with Crippen LogP contribution in [0.5, 0.6) is 0 Å². The largest absolute Gasteiger partial charge is 0.294 e. The first-order valence-corrected chi connectivity index (χ1v) is 8.19. The standard InChI is InChI=1S/C15H10Cl2FIN2/c1-8-4-14-12(6-11(8)18)20-15(7-16)21(14)13-3-2-9(19)5-10(13)17/h2-6H,7H2,1H3. The van der Waals surface area contributed by atoms with E-state index in [-0.39, 0.29) is 11.7 Å². The van der Waals surface area contributed by atoms with Gasteiger partial charge in [-0.1, -0.05) is 11.6 Å². The number of nitrogens with zero attached hydrogens (tertiary/aromatic N) is 2. The highest BCUT2D eigenvalue weighted by Crippen LogP contribution is 2.30. The predicted molar refractivity (Wildman–Crippen MR) is 93.0 cm³/mol. The third-order valence-electron chi connectivity index (χ3n) is 3.27. The van der Waals surface area contributed by atoms with Crippen molar-refractivity contribution in [3.05, 3.63) is 56.1 Å². The average Bonchev–Trinajstić information content (AvgIpc) is 2.77. The highest BCUT2D eigenvalue weighted by Gasteiger charge is 2.16. The van der Waals surface area contributed by atoms with E-state index in [1.165, 1.54) is 6.07 Å². The Hall–Kier alpha value is -0.850. The molecule has 0 amide bonds. The number of aryl methyl sites for hydroxylation is 1. The van der Waals surface area contributed by atoms with Crippen molar-refractivity contribution in [3.8, 4) is 5.69 Å². The van der Waals surface area contributed by atoms with Gasteiger partial charge < -0.3 is 0 Å². The van der Waals surface area contributed by atoms with Gasteiger partial charge in [0.25, 0.3) is 0 Å². The van der Waals surface area contributed by atoms with Crippen LogP contribution in [-0.4, -0.2) is 9.55 Å². The number of hydrogen-bond donors (Lipinski definition) is 0. The molecule has 3 aromatic rings. The van der Waals surface area contributed by atoms with Crippen molar-refractivity contribution in [1.29, 1.82) is 0 Å². The molecule has 2 aromatic carbocycles. The first-order chi connectivity index (χ1) is 10.0. The van der Waals surface area contributed by atoms with Crippen LogP contribution in [0, 0.1) is 16.3 Å². The number of fused-ring (bicyclic) bond motifs is 1. The van der Waals surface area contributed by atoms with Crippen molar-refractivity contribution in [2.24, 2.45) is 0 Å². The van der Waals surface area contributed by atoms with Crippen molar-refractivity contribution in [2.45, 2.75) is 12.8 Å². The Kier molecular flexibility index (Phi) is 4.12. The van der Waals surface area contributed by atoms with E-state index in [1.54, 1.807) is 13.0 Å². The Morgan fingerprint density at radius 2 is 2.05 bits per heavy atom. The van der Waals surface area contributed by atoms with Crippen LogP contribution in [0.25, 0.3) is 16.7 Å². The Labute approximate surface area is 145 Å². The molecule has 0 fully saturated rings. The summed E-state index contributed by atoms with van der Waals surface area (Å²) in [5.41, 5.74) is 2.73. The number of hydrogen-bond acceptors (Lipinski definition) is 1. The van der Waals surface area contributed by atoms with Crippen LogP contribution >= 0.6 is 45.8 Å². The molecule has 1 heterocycles. The van der Waals surface area contributed by atoms with Crippen molar-refractivity contribution >= 4 is 56.8 Å². The van der Waals surface area contributed by atoms with Crippen LogP contribution in [-0.2, 0) is 5.88 Å². The first-order valence-electron chi connectivity index (χ1n) is 6.20. The van der Waals surface area contributed by atoms with Crippen LogP contribution in [0.2, 0.25) is 5.02 Å². The molecule has 3 rings (SSSR count). The summed E-state index contributed by atoms with van der Waals surface area (Å²) in [5.74, 6) is 0.583. The third kappa shape index (κ3) is 2.64. The van der Waals surface area contributed by atoms with Gasteiger partial charge in [0.1, 0.15) is 11.6 Å². The van der Waals surface area contributed by atoms with Crippen molar-refractivity contribution in [1.82, 2.24) is 9.55 Å². The predicted octanol–water partition coefficient (Wildman–Crippen LogP) is 5.47. The fourth-order valence-corrected chi connectivity index (χ4v) is 3.39. The maximum absolute atomic E-state index is 13.7. The second-order valence-corrected chi connectivity index (χ2v) is 6.60. The van der Waals surface area contributed by atoms with Gasteiger partial charge in [-0.25, -0.2) is 9.37 Å². The first kappa shape index (κ1) is 15.1. The van der Waals surface area contributed by atoms with Gasteiger partial charge in [0.15, 0.2) is 0 Å². The summed E-state index contributed by atoms with van der Waals surface area (Å²) in [7, 11) is 0. The molecule has 0 aliphatic heterocycles. The van der Waals surface area contributed by atoms with Crippen LogP contribution in [0.4, 0.5) is 4.39 Å². The molecule has 6 heteroatoms. The molecule has 1 aromatic heterocycles. The van der Waals surface area contributed by atoms with Gasteiger partial charge in [-0.3, -0.25) is 4.57 Å². The second kappa shape index (κ2) is 5.74. The molecule has 0 unspecified atom stereocenters. The zero-order valence-corrected chi connectivity index (χ0v) is 14.7. The van der Waals surface area contributed by atoms with E-state index < -0.39 is 0 Å². The molecule has 0 saturated heterocycles. The van der Waals surface area contributed by atoms with E-state index >= 15 is 0 Å². The zero-order valence-electron chi connectivity index (χ0n) is 11.0. The van der Waals surface area contributed by atoms with Crippen LogP contribution < -0.4 is 0 Å². The number of halogens is 4. The molecule has 0 N–H and O–H groups in total. The third-order valence-corrected chi connectivity index (χ3v) is 4.49. The van der Waals surface area contributed by atoms with Gasteiger partial charge in [-0.15, -0.1) is 11.6 Å². The summed E-state index contributed by atoms with van der Waals surface area (Å²) in [4.78, 5) is 4.40. The van der Waals surface area contributed by atoms with E-state index in [0.29, 0.717) is 21.9 Å². The smallest absolute Gasteiger partial charge is 0.129 e. The Morgan fingerprint density at radius 3 is 2.71 bits per heavy atom. The van der Waals surface area contributed by atoms with Gasteiger partial charge >= 0.3 is 0 Å². The molecule has 0 radical (unpaired) electrons. The number of imidazole rings is 1. The van der Waals surface area contributed by atoms with Gasteiger partial charge in [0.2, 0.25) is 0 Å². The summed E-state index contributed by atoms with van der Waals surface area (Å²) >= 11 is 14.5. The molecule has 108 valence electrons. The molecule has 0 saturated carbocycles. The SMILES string of the molecule is Cc1cc2c(cc1F)nc(CCl)n2-c1ccc(I)cc1Cl. The fourth-order valence-electron chi connectivity index (χ4n) is 2.27. The summed E-state index contributed by atoms with van der Waals surface area (Å²) in [6, 6.07) is 8.94. The number of alkyl halides is 1. The van der Waals surface area contributed by atoms with Gasteiger partial charge in [0, 0.05) is 9.64 Å². The normalized spacial score (nSPS) is 11.3. The van der Waals surface area contributed by atoms with Crippen LogP contribution in [0.3, 0.4) is 0 Å². The highest BCUT2D eigenvalue weighted by molar-refractivity contribution is 14.1. The molecule has 0 atom stereocenters. The lowest BCUT2D eigenvalue weighted by Crippen LogP contribution is -2.00. The Balaban J connectivity index is 2.37. The minimum Gasteiger partial charge on any atom is -0.294 e. The Morgan fingerprint density at radius 1 is 1.29 bits per heavy atom. The average molecular weight is 435 g/mol. The second-order valence-electron chi connectivity index (χ2n) is 4.68. The minimum atomic E-state index is -0.276. The van der Waals surface area contributed by atoms with Gasteiger partial charge in [-0.2, -0.15) is 0 Å². The van der Waals surface area contributed by atoms with Gasteiger partial charge in [-0.05, 0) is 59.3 Å². The van der Waals surface area contributed by atoms with E-state index in [1.807, 2.05) is 22.8 Å². The maximum atomic E-state index is 13.7. The summed E-state index contributed by atoms with van der Waals surface area (Å²) in [6.45, 7) is 1.72. The number of benzene rings is 2. The van der Waals surface area contributed by atoms with E-state index in [0.717, 1.165) is 14.8 Å². The van der Waals surface area contributed by atoms with E-state index in [2.05, 4.69) is 27.6 Å². The monoisotopic (exact) mass is 434 g/mol. The molecule has 0 bridgehead atoms. The molecule has 0 spiro atoms. The molecular formula is C15H10Cl2FIN2.